The molecule has 1 unspecified atom stereocenters. The highest BCUT2D eigenvalue weighted by molar-refractivity contribution is 9.10. The summed E-state index contributed by atoms with van der Waals surface area (Å²) in [5, 5.41) is 13.4. The van der Waals surface area contributed by atoms with Crippen LogP contribution in [0.15, 0.2) is 59.6 Å². The molecular weight excluding hydrogens is 445 g/mol. The van der Waals surface area contributed by atoms with Gasteiger partial charge in [0.15, 0.2) is 0 Å². The zero-order valence-electron chi connectivity index (χ0n) is 15.6. The maximum Gasteiger partial charge on any atom is 0.270 e. The molecule has 0 aliphatic heterocycles. The quantitative estimate of drug-likeness (QED) is 0.365. The summed E-state index contributed by atoms with van der Waals surface area (Å²) in [6.07, 6.45) is 1.50. The first-order valence-corrected chi connectivity index (χ1v) is 9.41. The largest absolute Gasteiger partial charge is 0.341 e. The van der Waals surface area contributed by atoms with Gasteiger partial charge >= 0.3 is 0 Å². The van der Waals surface area contributed by atoms with Crippen molar-refractivity contribution in [3.8, 4) is 0 Å². The average Bonchev–Trinajstić information content (AvgIpc) is 2.69. The van der Waals surface area contributed by atoms with Gasteiger partial charge in [-0.25, -0.2) is 4.39 Å². The molecule has 0 bridgehead atoms. The normalized spacial score (nSPS) is 11.4. The fraction of sp³-hybridized carbons (Fsp3) is 0.200. The van der Waals surface area contributed by atoms with Gasteiger partial charge in [0.05, 0.1) is 4.92 Å². The molecule has 0 aromatic heterocycles. The van der Waals surface area contributed by atoms with Gasteiger partial charge in [0, 0.05) is 40.8 Å². The molecule has 2 amide bonds. The molecule has 2 rings (SSSR count). The summed E-state index contributed by atoms with van der Waals surface area (Å²) in [6, 6.07) is 8.69. The van der Waals surface area contributed by atoms with Crippen LogP contribution in [0, 0.1) is 15.9 Å². The maximum atomic E-state index is 14.1. The van der Waals surface area contributed by atoms with Crippen molar-refractivity contribution in [3.05, 3.63) is 86.7 Å². The molecule has 0 spiro atoms. The number of carbonyl (C=O) groups excluding carboxylic acids is 2. The minimum Gasteiger partial charge on any atom is -0.341 e. The number of nitro groups is 1. The van der Waals surface area contributed by atoms with Crippen LogP contribution >= 0.6 is 15.9 Å². The zero-order valence-corrected chi connectivity index (χ0v) is 17.2. The van der Waals surface area contributed by atoms with E-state index in [-0.39, 0.29) is 24.3 Å². The second-order valence-corrected chi connectivity index (χ2v) is 7.16. The van der Waals surface area contributed by atoms with Crippen molar-refractivity contribution in [1.82, 2.24) is 10.2 Å². The summed E-state index contributed by atoms with van der Waals surface area (Å²) in [6.45, 7) is 5.25. The molecule has 2 aromatic carbocycles. The molecule has 1 atom stereocenters. The van der Waals surface area contributed by atoms with Crippen molar-refractivity contribution in [2.24, 2.45) is 0 Å². The number of carbonyl (C=O) groups is 2. The van der Waals surface area contributed by atoms with Gasteiger partial charge in [-0.05, 0) is 31.2 Å². The lowest BCUT2D eigenvalue weighted by molar-refractivity contribution is -0.384. The molecule has 0 aliphatic carbocycles. The lowest BCUT2D eigenvalue weighted by Gasteiger charge is -2.25. The standard InChI is InChI=1S/C20H19BrFN3O4/c1-3-9-24(12-15-10-16(21)7-8-18(15)22)20(27)13(2)23-19(26)14-5-4-6-17(11-14)25(28)29/h3-8,10-11,13H,1,9,12H2,2H3,(H,23,26). The Kier molecular flexibility index (Phi) is 7.60. The van der Waals surface area contributed by atoms with Crippen molar-refractivity contribution in [2.75, 3.05) is 6.54 Å². The molecule has 9 heteroatoms. The second kappa shape index (κ2) is 9.92. The fourth-order valence-electron chi connectivity index (χ4n) is 2.63. The van der Waals surface area contributed by atoms with Crippen LogP contribution in [-0.2, 0) is 11.3 Å². The molecule has 0 radical (unpaired) electrons. The first-order chi connectivity index (χ1) is 13.7. The van der Waals surface area contributed by atoms with Gasteiger partial charge in [0.1, 0.15) is 11.9 Å². The van der Waals surface area contributed by atoms with E-state index in [1.54, 1.807) is 12.1 Å². The van der Waals surface area contributed by atoms with E-state index >= 15 is 0 Å². The number of hydrogen-bond donors (Lipinski definition) is 1. The van der Waals surface area contributed by atoms with Gasteiger partial charge in [-0.15, -0.1) is 6.58 Å². The number of halogens is 2. The fourth-order valence-corrected chi connectivity index (χ4v) is 3.04. The number of amides is 2. The van der Waals surface area contributed by atoms with Crippen molar-refractivity contribution >= 4 is 33.4 Å². The van der Waals surface area contributed by atoms with Crippen molar-refractivity contribution < 1.29 is 18.9 Å². The SMILES string of the molecule is C=CCN(Cc1cc(Br)ccc1F)C(=O)C(C)NC(=O)c1cccc([N+](=O)[O-])c1. The monoisotopic (exact) mass is 463 g/mol. The Labute approximate surface area is 175 Å². The van der Waals surface area contributed by atoms with E-state index in [0.29, 0.717) is 10.0 Å². The van der Waals surface area contributed by atoms with E-state index in [2.05, 4.69) is 27.8 Å². The summed E-state index contributed by atoms with van der Waals surface area (Å²) in [7, 11) is 0. The lowest BCUT2D eigenvalue weighted by Crippen LogP contribution is -2.46. The molecule has 2 aromatic rings. The average molecular weight is 464 g/mol. The van der Waals surface area contributed by atoms with E-state index in [0.717, 1.165) is 6.07 Å². The number of nitro benzene ring substituents is 1. The molecule has 152 valence electrons. The Bertz CT molecular complexity index is 951. The van der Waals surface area contributed by atoms with Gasteiger partial charge in [-0.2, -0.15) is 0 Å². The van der Waals surface area contributed by atoms with E-state index < -0.39 is 28.6 Å². The van der Waals surface area contributed by atoms with Crippen molar-refractivity contribution in [3.63, 3.8) is 0 Å². The van der Waals surface area contributed by atoms with Crippen LogP contribution in [0.25, 0.3) is 0 Å². The van der Waals surface area contributed by atoms with Crippen LogP contribution < -0.4 is 5.32 Å². The van der Waals surface area contributed by atoms with Gasteiger partial charge in [-0.1, -0.05) is 28.1 Å². The van der Waals surface area contributed by atoms with Crippen LogP contribution in [0.3, 0.4) is 0 Å². The minimum atomic E-state index is -0.933. The van der Waals surface area contributed by atoms with Crippen LogP contribution in [-0.4, -0.2) is 34.2 Å². The summed E-state index contributed by atoms with van der Waals surface area (Å²) in [5.74, 6) is -1.52. The number of rotatable bonds is 8. The molecule has 7 nitrogen and oxygen atoms in total. The summed E-state index contributed by atoms with van der Waals surface area (Å²) in [5.41, 5.74) is 0.147. The molecule has 1 N–H and O–H groups in total. The topological polar surface area (TPSA) is 92.6 Å². The molecule has 0 aliphatic rings. The Morgan fingerprint density at radius 2 is 2.07 bits per heavy atom. The number of nitrogens with zero attached hydrogens (tertiary/aromatic N) is 2. The number of nitrogens with one attached hydrogen (secondary N) is 1. The maximum absolute atomic E-state index is 14.1. The first kappa shape index (κ1) is 22.2. The highest BCUT2D eigenvalue weighted by Crippen LogP contribution is 2.18. The Hall–Kier alpha value is -3.07. The van der Waals surface area contributed by atoms with Crippen LogP contribution in [0.2, 0.25) is 0 Å². The van der Waals surface area contributed by atoms with Crippen molar-refractivity contribution in [2.45, 2.75) is 19.5 Å². The summed E-state index contributed by atoms with van der Waals surface area (Å²) < 4.78 is 14.7. The molecule has 29 heavy (non-hydrogen) atoms. The lowest BCUT2D eigenvalue weighted by atomic mass is 10.1. The summed E-state index contributed by atoms with van der Waals surface area (Å²) in [4.78, 5) is 36.8. The van der Waals surface area contributed by atoms with Gasteiger partial charge in [-0.3, -0.25) is 19.7 Å². The van der Waals surface area contributed by atoms with Crippen LogP contribution in [0.1, 0.15) is 22.8 Å². The second-order valence-electron chi connectivity index (χ2n) is 6.25. The number of hydrogen-bond acceptors (Lipinski definition) is 4. The molecular formula is C20H19BrFN3O4. The zero-order chi connectivity index (χ0) is 21.6. The summed E-state index contributed by atoms with van der Waals surface area (Å²) >= 11 is 3.27. The van der Waals surface area contributed by atoms with Gasteiger partial charge < -0.3 is 10.2 Å². The van der Waals surface area contributed by atoms with Crippen LogP contribution in [0.4, 0.5) is 10.1 Å². The van der Waals surface area contributed by atoms with Crippen molar-refractivity contribution in [1.29, 1.82) is 0 Å². The highest BCUT2D eigenvalue weighted by atomic mass is 79.9. The first-order valence-electron chi connectivity index (χ1n) is 8.62. The Morgan fingerprint density at radius 3 is 2.72 bits per heavy atom. The van der Waals surface area contributed by atoms with E-state index in [4.69, 9.17) is 0 Å². The van der Waals surface area contributed by atoms with E-state index in [1.165, 1.54) is 42.2 Å². The molecule has 0 saturated carbocycles. The third kappa shape index (κ3) is 5.95. The van der Waals surface area contributed by atoms with E-state index in [1.807, 2.05) is 0 Å². The molecule has 0 heterocycles. The minimum absolute atomic E-state index is 0.00680. The molecule has 0 saturated heterocycles. The smallest absolute Gasteiger partial charge is 0.270 e. The van der Waals surface area contributed by atoms with E-state index in [9.17, 15) is 24.1 Å². The van der Waals surface area contributed by atoms with Gasteiger partial charge in [0.2, 0.25) is 5.91 Å². The Morgan fingerprint density at radius 1 is 1.34 bits per heavy atom. The number of benzene rings is 2. The highest BCUT2D eigenvalue weighted by Gasteiger charge is 2.23. The van der Waals surface area contributed by atoms with Crippen LogP contribution in [0.5, 0.6) is 0 Å². The molecule has 0 fully saturated rings. The third-order valence-electron chi connectivity index (χ3n) is 4.07. The number of non-ortho nitro benzene ring substituents is 1. The third-order valence-corrected chi connectivity index (χ3v) is 4.56. The van der Waals surface area contributed by atoms with Gasteiger partial charge in [0.25, 0.3) is 11.6 Å². The predicted octanol–water partition coefficient (Wildman–Crippen LogP) is 3.83. The predicted molar refractivity (Wildman–Crippen MR) is 110 cm³/mol. The Balaban J connectivity index is 2.13.